The van der Waals surface area contributed by atoms with Gasteiger partial charge in [0.05, 0.1) is 16.8 Å². The maximum absolute atomic E-state index is 12.8. The second kappa shape index (κ2) is 6.04. The molecule has 10 heteroatoms. The average Bonchev–Trinajstić information content (AvgIpc) is 2.93. The van der Waals surface area contributed by atoms with Gasteiger partial charge in [-0.3, -0.25) is 4.79 Å². The van der Waals surface area contributed by atoms with E-state index in [1.54, 1.807) is 11.3 Å². The smallest absolute Gasteiger partial charge is 0.354 e. The lowest BCUT2D eigenvalue weighted by Crippen LogP contribution is -2.50. The van der Waals surface area contributed by atoms with Crippen molar-refractivity contribution < 1.29 is 13.2 Å². The summed E-state index contributed by atoms with van der Waals surface area (Å²) in [6.07, 6.45) is -3.05. The first-order valence-corrected chi connectivity index (χ1v) is 8.80. The van der Waals surface area contributed by atoms with Crippen LogP contribution in [0.1, 0.15) is 11.3 Å². The van der Waals surface area contributed by atoms with Crippen LogP contribution >= 0.6 is 11.3 Å². The Morgan fingerprint density at radius 3 is 2.77 bits per heavy atom. The molecule has 0 bridgehead atoms. The quantitative estimate of drug-likeness (QED) is 0.698. The zero-order valence-electron chi connectivity index (χ0n) is 13.7. The minimum Gasteiger partial charge on any atom is -0.354 e. The molecule has 3 aromatic heterocycles. The molecule has 0 spiro atoms. The molecule has 26 heavy (non-hydrogen) atoms. The highest BCUT2D eigenvalue weighted by Gasteiger charge is 2.34. The normalized spacial score (nSPS) is 15.5. The fourth-order valence-electron chi connectivity index (χ4n) is 3.02. The molecule has 0 amide bonds. The Bertz CT molecular complexity index is 1020. The molecule has 0 N–H and O–H groups in total. The van der Waals surface area contributed by atoms with Crippen molar-refractivity contribution in [1.82, 2.24) is 19.7 Å². The summed E-state index contributed by atoms with van der Waals surface area (Å²) in [5, 5.41) is 5.47. The number of aromatic nitrogens is 4. The largest absolute Gasteiger partial charge is 0.435 e. The van der Waals surface area contributed by atoms with Gasteiger partial charge in [0.2, 0.25) is 0 Å². The van der Waals surface area contributed by atoms with Gasteiger partial charge in [-0.15, -0.1) is 11.3 Å². The Balaban J connectivity index is 1.50. The summed E-state index contributed by atoms with van der Waals surface area (Å²) < 4.78 is 40.2. The highest BCUT2D eigenvalue weighted by atomic mass is 32.1. The molecule has 0 unspecified atom stereocenters. The highest BCUT2D eigenvalue weighted by Crippen LogP contribution is 2.34. The van der Waals surface area contributed by atoms with E-state index in [2.05, 4.69) is 15.1 Å². The summed E-state index contributed by atoms with van der Waals surface area (Å²) >= 11 is 1.57. The average molecular weight is 381 g/mol. The van der Waals surface area contributed by atoms with E-state index < -0.39 is 17.4 Å². The minimum absolute atomic E-state index is 0.0368. The number of nitrogens with zero attached hydrogens (tertiary/aromatic N) is 5. The van der Waals surface area contributed by atoms with Gasteiger partial charge in [-0.05, 0) is 23.9 Å². The van der Waals surface area contributed by atoms with Crippen LogP contribution in [0.15, 0.2) is 28.6 Å². The standard InChI is InChI=1S/C16H14F3N5OS/c1-9-7-26-14-13(9)20-8-21-15(14)23-4-10(5-23)6-24-12(25)3-2-11(22-24)16(17,18)19/h2-3,7-8,10H,4-6H2,1H3. The third kappa shape index (κ3) is 2.94. The fourth-order valence-corrected chi connectivity index (χ4v) is 4.03. The van der Waals surface area contributed by atoms with Crippen LogP contribution < -0.4 is 10.5 Å². The molecule has 1 aliphatic heterocycles. The van der Waals surface area contributed by atoms with Crippen LogP contribution in [0.5, 0.6) is 0 Å². The maximum atomic E-state index is 12.8. The Morgan fingerprint density at radius 2 is 2.04 bits per heavy atom. The van der Waals surface area contributed by atoms with Crippen LogP contribution in [0.2, 0.25) is 0 Å². The summed E-state index contributed by atoms with van der Waals surface area (Å²) in [4.78, 5) is 22.5. The molecule has 1 aliphatic rings. The Kier molecular flexibility index (Phi) is 3.94. The number of rotatable bonds is 3. The van der Waals surface area contributed by atoms with E-state index in [-0.39, 0.29) is 12.5 Å². The lowest BCUT2D eigenvalue weighted by Gasteiger charge is -2.40. The van der Waals surface area contributed by atoms with Crippen molar-refractivity contribution in [2.45, 2.75) is 19.6 Å². The van der Waals surface area contributed by atoms with Gasteiger partial charge in [0.25, 0.3) is 5.56 Å². The van der Waals surface area contributed by atoms with Gasteiger partial charge < -0.3 is 4.90 Å². The van der Waals surface area contributed by atoms with E-state index in [9.17, 15) is 18.0 Å². The molecular weight excluding hydrogens is 367 g/mol. The number of anilines is 1. The van der Waals surface area contributed by atoms with E-state index in [0.29, 0.717) is 19.2 Å². The second-order valence-corrected chi connectivity index (χ2v) is 7.18. The Hall–Kier alpha value is -2.49. The molecule has 0 radical (unpaired) electrons. The molecule has 3 aromatic rings. The number of aryl methyl sites for hydroxylation is 1. The molecule has 136 valence electrons. The van der Waals surface area contributed by atoms with Gasteiger partial charge >= 0.3 is 6.18 Å². The van der Waals surface area contributed by atoms with Crippen LogP contribution in [0.4, 0.5) is 19.0 Å². The maximum Gasteiger partial charge on any atom is 0.435 e. The second-order valence-electron chi connectivity index (χ2n) is 6.30. The van der Waals surface area contributed by atoms with E-state index in [4.69, 9.17) is 0 Å². The van der Waals surface area contributed by atoms with Crippen LogP contribution in [0.3, 0.4) is 0 Å². The number of halogens is 3. The molecule has 1 fully saturated rings. The molecule has 0 aromatic carbocycles. The first-order valence-electron chi connectivity index (χ1n) is 7.92. The van der Waals surface area contributed by atoms with Crippen molar-refractivity contribution in [2.75, 3.05) is 18.0 Å². The van der Waals surface area contributed by atoms with Crippen molar-refractivity contribution >= 4 is 27.4 Å². The van der Waals surface area contributed by atoms with E-state index >= 15 is 0 Å². The fraction of sp³-hybridized carbons (Fsp3) is 0.375. The number of hydrogen-bond donors (Lipinski definition) is 0. The summed E-state index contributed by atoms with van der Waals surface area (Å²) in [6, 6.07) is 1.62. The summed E-state index contributed by atoms with van der Waals surface area (Å²) in [7, 11) is 0. The molecule has 1 saturated heterocycles. The van der Waals surface area contributed by atoms with Crippen molar-refractivity contribution in [2.24, 2.45) is 5.92 Å². The number of thiophene rings is 1. The van der Waals surface area contributed by atoms with Crippen molar-refractivity contribution in [1.29, 1.82) is 0 Å². The zero-order chi connectivity index (χ0) is 18.5. The summed E-state index contributed by atoms with van der Waals surface area (Å²) in [5.74, 6) is 0.864. The third-order valence-electron chi connectivity index (χ3n) is 4.36. The predicted octanol–water partition coefficient (Wildman–Crippen LogP) is 2.71. The van der Waals surface area contributed by atoms with Crippen molar-refractivity contribution in [3.63, 3.8) is 0 Å². The van der Waals surface area contributed by atoms with Crippen LogP contribution in [-0.4, -0.2) is 32.8 Å². The number of alkyl halides is 3. The van der Waals surface area contributed by atoms with Gasteiger partial charge in [0, 0.05) is 25.1 Å². The molecule has 6 nitrogen and oxygen atoms in total. The van der Waals surface area contributed by atoms with E-state index in [1.165, 1.54) is 6.33 Å². The van der Waals surface area contributed by atoms with Gasteiger partial charge in [0.15, 0.2) is 5.69 Å². The lowest BCUT2D eigenvalue weighted by molar-refractivity contribution is -0.142. The SMILES string of the molecule is Cc1csc2c(N3CC(Cn4nc(C(F)(F)F)ccc4=O)C3)ncnc12. The molecule has 4 rings (SSSR count). The van der Waals surface area contributed by atoms with Gasteiger partial charge in [0.1, 0.15) is 12.1 Å². The zero-order valence-corrected chi connectivity index (χ0v) is 14.5. The number of hydrogen-bond acceptors (Lipinski definition) is 6. The van der Waals surface area contributed by atoms with E-state index in [1.807, 2.05) is 17.2 Å². The third-order valence-corrected chi connectivity index (χ3v) is 5.44. The Morgan fingerprint density at radius 1 is 1.27 bits per heavy atom. The summed E-state index contributed by atoms with van der Waals surface area (Å²) in [5.41, 5.74) is 0.416. The Labute approximate surface area is 149 Å². The molecule has 0 atom stereocenters. The molecule has 0 aliphatic carbocycles. The van der Waals surface area contributed by atoms with Gasteiger partial charge in [-0.25, -0.2) is 14.6 Å². The van der Waals surface area contributed by atoms with Crippen molar-refractivity contribution in [3.05, 3.63) is 45.5 Å². The van der Waals surface area contributed by atoms with E-state index in [0.717, 1.165) is 32.3 Å². The van der Waals surface area contributed by atoms with Gasteiger partial charge in [-0.1, -0.05) is 0 Å². The molecular formula is C16H14F3N5OS. The van der Waals surface area contributed by atoms with Crippen LogP contribution in [-0.2, 0) is 12.7 Å². The monoisotopic (exact) mass is 381 g/mol. The summed E-state index contributed by atoms with van der Waals surface area (Å²) in [6.45, 7) is 3.35. The predicted molar refractivity (Wildman–Crippen MR) is 91.4 cm³/mol. The number of fused-ring (bicyclic) bond motifs is 1. The van der Waals surface area contributed by atoms with Crippen LogP contribution in [0, 0.1) is 12.8 Å². The molecule has 4 heterocycles. The first-order chi connectivity index (χ1) is 12.3. The van der Waals surface area contributed by atoms with Crippen molar-refractivity contribution in [3.8, 4) is 0 Å². The molecule has 0 saturated carbocycles. The topological polar surface area (TPSA) is 63.9 Å². The van der Waals surface area contributed by atoms with Crippen LogP contribution in [0.25, 0.3) is 10.2 Å². The minimum atomic E-state index is -4.56. The first kappa shape index (κ1) is 17.0. The highest BCUT2D eigenvalue weighted by molar-refractivity contribution is 7.18. The van der Waals surface area contributed by atoms with Gasteiger partial charge in [-0.2, -0.15) is 18.3 Å². The lowest BCUT2D eigenvalue weighted by atomic mass is 10.0.